The highest BCUT2D eigenvalue weighted by Gasteiger charge is 2.12. The summed E-state index contributed by atoms with van der Waals surface area (Å²) in [7, 11) is 1.63. The van der Waals surface area contributed by atoms with Crippen LogP contribution in [0, 0.1) is 6.92 Å². The summed E-state index contributed by atoms with van der Waals surface area (Å²) in [6.45, 7) is 2.01. The van der Waals surface area contributed by atoms with Crippen molar-refractivity contribution in [3.8, 4) is 5.75 Å². The van der Waals surface area contributed by atoms with Gasteiger partial charge in [0, 0.05) is 17.3 Å². The lowest BCUT2D eigenvalue weighted by atomic mass is 10.2. The van der Waals surface area contributed by atoms with Crippen molar-refractivity contribution < 1.29 is 4.74 Å². The first kappa shape index (κ1) is 17.5. The molecule has 0 saturated carbocycles. The number of anilines is 5. The number of nitrogens with one attached hydrogen (secondary N) is 2. The Bertz CT molecular complexity index is 1140. The van der Waals surface area contributed by atoms with Gasteiger partial charge in [-0.2, -0.15) is 0 Å². The Morgan fingerprint density at radius 3 is 2.46 bits per heavy atom. The predicted molar refractivity (Wildman–Crippen MR) is 112 cm³/mol. The number of pyridine rings is 1. The van der Waals surface area contributed by atoms with Crippen LogP contribution in [0.4, 0.5) is 28.7 Å². The third kappa shape index (κ3) is 3.37. The van der Waals surface area contributed by atoms with Crippen LogP contribution in [0.2, 0.25) is 0 Å². The lowest BCUT2D eigenvalue weighted by Crippen LogP contribution is -2.06. The highest BCUT2D eigenvalue weighted by molar-refractivity contribution is 5.94. The Kier molecular flexibility index (Phi) is 4.63. The van der Waals surface area contributed by atoms with E-state index in [9.17, 15) is 0 Å². The van der Waals surface area contributed by atoms with Gasteiger partial charge in [0.15, 0.2) is 11.6 Å². The Morgan fingerprint density at radius 1 is 0.893 bits per heavy atom. The molecule has 0 unspecified atom stereocenters. The molecule has 2 aromatic carbocycles. The zero-order chi connectivity index (χ0) is 19.5. The summed E-state index contributed by atoms with van der Waals surface area (Å²) >= 11 is 0. The minimum atomic E-state index is 0.409. The summed E-state index contributed by atoms with van der Waals surface area (Å²) in [4.78, 5) is 13.0. The van der Waals surface area contributed by atoms with Gasteiger partial charge in [-0.25, -0.2) is 9.97 Å². The van der Waals surface area contributed by atoms with E-state index in [1.165, 1.54) is 6.33 Å². The highest BCUT2D eigenvalue weighted by atomic mass is 16.5. The minimum Gasteiger partial charge on any atom is -0.495 e. The van der Waals surface area contributed by atoms with E-state index in [1.807, 2.05) is 55.5 Å². The van der Waals surface area contributed by atoms with Gasteiger partial charge in [-0.1, -0.05) is 12.1 Å². The fourth-order valence-electron chi connectivity index (χ4n) is 2.98. The van der Waals surface area contributed by atoms with Crippen molar-refractivity contribution in [2.75, 3.05) is 23.5 Å². The first-order valence-corrected chi connectivity index (χ1v) is 8.78. The zero-order valence-corrected chi connectivity index (χ0v) is 15.6. The third-order valence-corrected chi connectivity index (χ3v) is 4.39. The van der Waals surface area contributed by atoms with Gasteiger partial charge in [-0.05, 0) is 48.9 Å². The molecular weight excluding hydrogens is 352 g/mol. The van der Waals surface area contributed by atoms with Crippen molar-refractivity contribution in [1.82, 2.24) is 15.0 Å². The fraction of sp³-hybridized carbons (Fsp3) is 0.0952. The van der Waals surface area contributed by atoms with Gasteiger partial charge in [-0.15, -0.1) is 0 Å². The van der Waals surface area contributed by atoms with E-state index in [4.69, 9.17) is 10.5 Å². The van der Waals surface area contributed by atoms with Gasteiger partial charge >= 0.3 is 0 Å². The van der Waals surface area contributed by atoms with Crippen LogP contribution >= 0.6 is 0 Å². The third-order valence-electron chi connectivity index (χ3n) is 4.39. The molecule has 7 nitrogen and oxygen atoms in total. The normalized spacial score (nSPS) is 10.6. The van der Waals surface area contributed by atoms with Crippen molar-refractivity contribution in [3.63, 3.8) is 0 Å². The average molecular weight is 372 g/mol. The molecular formula is C21H20N6O. The van der Waals surface area contributed by atoms with Crippen molar-refractivity contribution in [1.29, 1.82) is 0 Å². The van der Waals surface area contributed by atoms with Gasteiger partial charge in [0.2, 0.25) is 0 Å². The maximum absolute atomic E-state index is 6.35. The quantitative estimate of drug-likeness (QED) is 0.477. The molecule has 4 rings (SSSR count). The minimum absolute atomic E-state index is 0.409. The first-order valence-electron chi connectivity index (χ1n) is 8.78. The number of nitrogen functional groups attached to an aromatic ring is 1. The van der Waals surface area contributed by atoms with Crippen LogP contribution in [0.3, 0.4) is 0 Å². The molecule has 0 radical (unpaired) electrons. The smallest absolute Gasteiger partial charge is 0.159 e. The number of hydrogen-bond donors (Lipinski definition) is 3. The maximum atomic E-state index is 6.35. The number of rotatable bonds is 5. The molecule has 0 spiro atoms. The molecule has 2 heterocycles. The molecule has 0 fully saturated rings. The van der Waals surface area contributed by atoms with Gasteiger partial charge in [0.1, 0.15) is 17.8 Å². The van der Waals surface area contributed by atoms with Crippen LogP contribution in [-0.4, -0.2) is 22.1 Å². The molecule has 4 aromatic rings. The summed E-state index contributed by atoms with van der Waals surface area (Å²) in [6.07, 6.45) is 3.23. The Labute approximate surface area is 162 Å². The number of aromatic nitrogens is 3. The molecule has 4 N–H and O–H groups in total. The molecule has 0 atom stereocenters. The fourth-order valence-corrected chi connectivity index (χ4v) is 2.98. The molecule has 7 heteroatoms. The number of nitrogens with two attached hydrogens (primary N) is 1. The van der Waals surface area contributed by atoms with E-state index in [2.05, 4.69) is 25.6 Å². The summed E-state index contributed by atoms with van der Waals surface area (Å²) in [5, 5.41) is 7.52. The molecule has 0 bridgehead atoms. The van der Waals surface area contributed by atoms with Crippen LogP contribution < -0.4 is 21.1 Å². The highest BCUT2D eigenvalue weighted by Crippen LogP contribution is 2.33. The van der Waals surface area contributed by atoms with Crippen LogP contribution in [0.25, 0.3) is 10.9 Å². The second-order valence-electron chi connectivity index (χ2n) is 6.31. The SMILES string of the molecule is COc1ccc(C)cc1Nc1ncnc(Nc2cccc3ncccc23)c1N. The lowest BCUT2D eigenvalue weighted by molar-refractivity contribution is 0.416. The van der Waals surface area contributed by atoms with E-state index in [0.29, 0.717) is 23.1 Å². The molecule has 28 heavy (non-hydrogen) atoms. The number of nitrogens with zero attached hydrogens (tertiary/aromatic N) is 3. The lowest BCUT2D eigenvalue weighted by Gasteiger charge is -2.15. The van der Waals surface area contributed by atoms with E-state index in [1.54, 1.807) is 13.3 Å². The Balaban J connectivity index is 1.68. The monoisotopic (exact) mass is 372 g/mol. The van der Waals surface area contributed by atoms with E-state index in [0.717, 1.165) is 27.8 Å². The molecule has 140 valence electrons. The van der Waals surface area contributed by atoms with Crippen molar-refractivity contribution >= 4 is 39.6 Å². The average Bonchev–Trinajstić information content (AvgIpc) is 2.71. The topological polar surface area (TPSA) is 98.0 Å². The molecule has 0 aliphatic carbocycles. The van der Waals surface area contributed by atoms with Crippen molar-refractivity contribution in [2.24, 2.45) is 0 Å². The van der Waals surface area contributed by atoms with Crippen LogP contribution in [0.15, 0.2) is 61.1 Å². The second kappa shape index (κ2) is 7.40. The van der Waals surface area contributed by atoms with Gasteiger partial charge in [-0.3, -0.25) is 4.98 Å². The van der Waals surface area contributed by atoms with E-state index >= 15 is 0 Å². The van der Waals surface area contributed by atoms with Crippen LogP contribution in [0.5, 0.6) is 5.75 Å². The summed E-state index contributed by atoms with van der Waals surface area (Å²) in [6, 6.07) is 15.6. The van der Waals surface area contributed by atoms with Gasteiger partial charge < -0.3 is 21.1 Å². The first-order chi connectivity index (χ1) is 13.7. The second-order valence-corrected chi connectivity index (χ2v) is 6.31. The number of ether oxygens (including phenoxy) is 1. The number of fused-ring (bicyclic) bond motifs is 1. The van der Waals surface area contributed by atoms with E-state index < -0.39 is 0 Å². The molecule has 2 aromatic heterocycles. The summed E-state index contributed by atoms with van der Waals surface area (Å²) < 4.78 is 5.42. The summed E-state index contributed by atoms with van der Waals surface area (Å²) in [5.41, 5.74) is 10.4. The Morgan fingerprint density at radius 2 is 1.68 bits per heavy atom. The number of aryl methyl sites for hydroxylation is 1. The van der Waals surface area contributed by atoms with Crippen molar-refractivity contribution in [2.45, 2.75) is 6.92 Å². The largest absolute Gasteiger partial charge is 0.495 e. The number of hydrogen-bond acceptors (Lipinski definition) is 7. The molecule has 0 aliphatic rings. The Hall–Kier alpha value is -3.87. The van der Waals surface area contributed by atoms with Crippen LogP contribution in [-0.2, 0) is 0 Å². The van der Waals surface area contributed by atoms with Crippen molar-refractivity contribution in [3.05, 3.63) is 66.6 Å². The summed E-state index contributed by atoms with van der Waals surface area (Å²) in [5.74, 6) is 1.72. The maximum Gasteiger partial charge on any atom is 0.159 e. The van der Waals surface area contributed by atoms with E-state index in [-0.39, 0.29) is 0 Å². The number of methoxy groups -OCH3 is 1. The van der Waals surface area contributed by atoms with Crippen LogP contribution in [0.1, 0.15) is 5.56 Å². The molecule has 0 aliphatic heterocycles. The van der Waals surface area contributed by atoms with Gasteiger partial charge in [0.05, 0.1) is 18.3 Å². The number of benzene rings is 2. The molecule has 0 amide bonds. The molecule has 0 saturated heterocycles. The predicted octanol–water partition coefficient (Wildman–Crippen LogP) is 4.41. The zero-order valence-electron chi connectivity index (χ0n) is 15.6. The standard InChI is InChI=1S/C21H20N6O/c1-13-8-9-18(28-2)17(11-13)27-21-19(22)20(24-12-25-21)26-16-7-3-6-15-14(16)5-4-10-23-15/h3-12H,22H2,1-2H3,(H2,24,25,26,27). The van der Waals surface area contributed by atoms with Gasteiger partial charge in [0.25, 0.3) is 0 Å².